The van der Waals surface area contributed by atoms with Crippen LogP contribution >= 0.6 is 11.3 Å². The van der Waals surface area contributed by atoms with E-state index < -0.39 is 0 Å². The molecular weight excluding hydrogens is 272 g/mol. The fourth-order valence-corrected chi connectivity index (χ4v) is 3.37. The summed E-state index contributed by atoms with van der Waals surface area (Å²) in [5.74, 6) is 1.02. The Labute approximate surface area is 122 Å². The zero-order valence-corrected chi connectivity index (χ0v) is 12.4. The summed E-state index contributed by atoms with van der Waals surface area (Å²) >= 11 is 1.63. The monoisotopic (exact) mass is 290 g/mol. The molecule has 5 heteroatoms. The number of carbonyl (C=O) groups excluding carboxylic acids is 1. The van der Waals surface area contributed by atoms with Crippen molar-refractivity contribution in [2.45, 2.75) is 38.6 Å². The number of hydrogen-bond acceptors (Lipinski definition) is 4. The van der Waals surface area contributed by atoms with Crippen LogP contribution in [-0.4, -0.2) is 22.5 Å². The van der Waals surface area contributed by atoms with Crippen molar-refractivity contribution in [3.63, 3.8) is 0 Å². The number of nitrogens with zero attached hydrogens (tertiary/aromatic N) is 2. The zero-order valence-electron chi connectivity index (χ0n) is 11.5. The van der Waals surface area contributed by atoms with Gasteiger partial charge < -0.3 is 9.42 Å². The minimum atomic E-state index is 0.0651. The second-order valence-corrected chi connectivity index (χ2v) is 6.11. The van der Waals surface area contributed by atoms with E-state index in [9.17, 15) is 4.79 Å². The average Bonchev–Trinajstić information content (AvgIpc) is 3.19. The Kier molecular flexibility index (Phi) is 3.87. The third kappa shape index (κ3) is 2.63. The first kappa shape index (κ1) is 13.4. The Morgan fingerprint density at radius 3 is 3.20 bits per heavy atom. The molecule has 1 fully saturated rings. The van der Waals surface area contributed by atoms with Gasteiger partial charge in [-0.3, -0.25) is 4.79 Å². The predicted octanol–water partition coefficient (Wildman–Crippen LogP) is 3.20. The molecule has 20 heavy (non-hydrogen) atoms. The summed E-state index contributed by atoms with van der Waals surface area (Å²) in [5, 5.41) is 6.05. The zero-order chi connectivity index (χ0) is 13.9. The molecule has 0 radical (unpaired) electrons. The van der Waals surface area contributed by atoms with Crippen molar-refractivity contribution in [2.75, 3.05) is 6.54 Å². The van der Waals surface area contributed by atoms with Crippen molar-refractivity contribution in [1.29, 1.82) is 0 Å². The maximum absolute atomic E-state index is 12.4. The van der Waals surface area contributed by atoms with Crippen LogP contribution in [-0.2, 0) is 17.6 Å². The van der Waals surface area contributed by atoms with Crippen LogP contribution in [0.1, 0.15) is 42.1 Å². The third-order valence-electron chi connectivity index (χ3n) is 3.75. The summed E-state index contributed by atoms with van der Waals surface area (Å²) in [6.45, 7) is 2.87. The molecule has 2 aromatic heterocycles. The number of rotatable bonds is 4. The number of hydrogen-bond donors (Lipinski definition) is 0. The predicted molar refractivity (Wildman–Crippen MR) is 77.6 cm³/mol. The van der Waals surface area contributed by atoms with Gasteiger partial charge >= 0.3 is 0 Å². The van der Waals surface area contributed by atoms with Crippen molar-refractivity contribution in [3.05, 3.63) is 39.9 Å². The van der Waals surface area contributed by atoms with Gasteiger partial charge in [0.05, 0.1) is 18.2 Å². The van der Waals surface area contributed by atoms with E-state index in [0.29, 0.717) is 6.42 Å². The van der Waals surface area contributed by atoms with Gasteiger partial charge in [0.1, 0.15) is 0 Å². The van der Waals surface area contributed by atoms with Crippen LogP contribution in [0.5, 0.6) is 0 Å². The molecule has 0 spiro atoms. The van der Waals surface area contributed by atoms with Gasteiger partial charge in [-0.25, -0.2) is 0 Å². The summed E-state index contributed by atoms with van der Waals surface area (Å²) in [6, 6.07) is 6.05. The van der Waals surface area contributed by atoms with Crippen molar-refractivity contribution in [2.24, 2.45) is 0 Å². The molecule has 106 valence electrons. The van der Waals surface area contributed by atoms with E-state index in [2.05, 4.69) is 12.1 Å². The Balaban J connectivity index is 1.73. The van der Waals surface area contributed by atoms with Crippen LogP contribution in [0.2, 0.25) is 0 Å². The van der Waals surface area contributed by atoms with Crippen LogP contribution in [0.4, 0.5) is 0 Å². The van der Waals surface area contributed by atoms with Gasteiger partial charge in [0.15, 0.2) is 5.76 Å². The molecule has 4 nitrogen and oxygen atoms in total. The molecule has 0 saturated carbocycles. The van der Waals surface area contributed by atoms with Gasteiger partial charge in [0.25, 0.3) is 0 Å². The van der Waals surface area contributed by atoms with Gasteiger partial charge in [0.2, 0.25) is 5.91 Å². The first-order chi connectivity index (χ1) is 9.78. The highest BCUT2D eigenvalue weighted by Gasteiger charge is 2.32. The highest BCUT2D eigenvalue weighted by Crippen LogP contribution is 2.33. The number of thiophene rings is 1. The lowest BCUT2D eigenvalue weighted by molar-refractivity contribution is -0.131. The third-order valence-corrected chi connectivity index (χ3v) is 4.62. The number of aromatic nitrogens is 1. The number of amides is 1. The van der Waals surface area contributed by atoms with Gasteiger partial charge in [0, 0.05) is 17.5 Å². The van der Waals surface area contributed by atoms with E-state index >= 15 is 0 Å². The fourth-order valence-electron chi connectivity index (χ4n) is 2.68. The van der Waals surface area contributed by atoms with Gasteiger partial charge in [-0.05, 0) is 30.7 Å². The quantitative estimate of drug-likeness (QED) is 0.868. The van der Waals surface area contributed by atoms with E-state index in [1.54, 1.807) is 11.3 Å². The Bertz CT molecular complexity index is 576. The molecular formula is C15H18N2O2S. The van der Waals surface area contributed by atoms with Gasteiger partial charge in [-0.1, -0.05) is 18.1 Å². The maximum Gasteiger partial charge on any atom is 0.228 e. The van der Waals surface area contributed by atoms with Crippen molar-refractivity contribution >= 4 is 17.2 Å². The lowest BCUT2D eigenvalue weighted by atomic mass is 10.1. The van der Waals surface area contributed by atoms with Crippen LogP contribution in [0.25, 0.3) is 0 Å². The molecule has 2 aromatic rings. The number of aryl methyl sites for hydroxylation is 1. The summed E-state index contributed by atoms with van der Waals surface area (Å²) in [5.41, 5.74) is 0.956. The standard InChI is InChI=1S/C15H18N2O2S/c1-2-11-9-14(19-16-11)13-6-3-7-17(13)15(18)10-12-5-4-8-20-12/h4-5,8-9,13H,2-3,6-7,10H2,1H3. The molecule has 0 aliphatic carbocycles. The molecule has 0 N–H and O–H groups in total. The van der Waals surface area contributed by atoms with E-state index in [1.165, 1.54) is 0 Å². The molecule has 0 bridgehead atoms. The van der Waals surface area contributed by atoms with Crippen LogP contribution in [0.15, 0.2) is 28.1 Å². The maximum atomic E-state index is 12.4. The van der Waals surface area contributed by atoms with Crippen molar-refractivity contribution in [3.8, 4) is 0 Å². The average molecular weight is 290 g/mol. The van der Waals surface area contributed by atoms with Crippen molar-refractivity contribution < 1.29 is 9.32 Å². The molecule has 1 atom stereocenters. The minimum Gasteiger partial charge on any atom is -0.359 e. The second-order valence-electron chi connectivity index (χ2n) is 5.08. The van der Waals surface area contributed by atoms with Crippen LogP contribution < -0.4 is 0 Å². The summed E-state index contributed by atoms with van der Waals surface area (Å²) in [6.07, 6.45) is 3.35. The van der Waals surface area contributed by atoms with E-state index in [-0.39, 0.29) is 11.9 Å². The Hall–Kier alpha value is -1.62. The molecule has 1 aliphatic heterocycles. The molecule has 1 unspecified atom stereocenters. The fraction of sp³-hybridized carbons (Fsp3) is 0.467. The molecule has 1 saturated heterocycles. The summed E-state index contributed by atoms with van der Waals surface area (Å²) in [4.78, 5) is 15.5. The van der Waals surface area contributed by atoms with E-state index in [0.717, 1.165) is 42.1 Å². The number of carbonyl (C=O) groups is 1. The first-order valence-corrected chi connectivity index (χ1v) is 7.93. The largest absolute Gasteiger partial charge is 0.359 e. The normalized spacial score (nSPS) is 18.6. The van der Waals surface area contributed by atoms with Crippen LogP contribution in [0, 0.1) is 0 Å². The summed E-state index contributed by atoms with van der Waals surface area (Å²) in [7, 11) is 0. The second kappa shape index (κ2) is 5.79. The Morgan fingerprint density at radius 1 is 1.60 bits per heavy atom. The van der Waals surface area contributed by atoms with Gasteiger partial charge in [-0.2, -0.15) is 0 Å². The van der Waals surface area contributed by atoms with Gasteiger partial charge in [-0.15, -0.1) is 11.3 Å². The first-order valence-electron chi connectivity index (χ1n) is 7.05. The SMILES string of the molecule is CCc1cc(C2CCCN2C(=O)Cc2cccs2)on1. The van der Waals surface area contributed by atoms with Crippen LogP contribution in [0.3, 0.4) is 0 Å². The molecule has 3 rings (SSSR count). The smallest absolute Gasteiger partial charge is 0.228 e. The molecule has 0 aromatic carbocycles. The van der Waals surface area contributed by atoms with E-state index in [4.69, 9.17) is 4.52 Å². The molecule has 1 aliphatic rings. The lowest BCUT2D eigenvalue weighted by Gasteiger charge is -2.22. The van der Waals surface area contributed by atoms with E-state index in [1.807, 2.05) is 28.5 Å². The Morgan fingerprint density at radius 2 is 2.50 bits per heavy atom. The highest BCUT2D eigenvalue weighted by molar-refractivity contribution is 7.10. The molecule has 3 heterocycles. The topological polar surface area (TPSA) is 46.3 Å². The minimum absolute atomic E-state index is 0.0651. The summed E-state index contributed by atoms with van der Waals surface area (Å²) < 4.78 is 5.41. The lowest BCUT2D eigenvalue weighted by Crippen LogP contribution is -2.31. The van der Waals surface area contributed by atoms with Crippen molar-refractivity contribution in [1.82, 2.24) is 10.1 Å². The number of likely N-dealkylation sites (tertiary alicyclic amines) is 1. The molecule has 1 amide bonds. The highest BCUT2D eigenvalue weighted by atomic mass is 32.1.